The molecule has 0 unspecified atom stereocenters. The highest BCUT2D eigenvalue weighted by Crippen LogP contribution is 2.23. The first-order valence-corrected chi connectivity index (χ1v) is 11.9. The quantitative estimate of drug-likeness (QED) is 0.635. The highest BCUT2D eigenvalue weighted by atomic mass is 79.9. The van der Waals surface area contributed by atoms with E-state index < -0.39 is 16.1 Å². The van der Waals surface area contributed by atoms with Gasteiger partial charge in [-0.2, -0.15) is 4.31 Å². The Morgan fingerprint density at radius 3 is 2.20 bits per heavy atom. The number of hydrogen-bond donors (Lipinski definition) is 1. The molecule has 2 aromatic rings. The first-order valence-electron chi connectivity index (χ1n) is 9.66. The van der Waals surface area contributed by atoms with Gasteiger partial charge in [-0.05, 0) is 68.3 Å². The lowest BCUT2D eigenvalue weighted by Crippen LogP contribution is -2.49. The van der Waals surface area contributed by atoms with Crippen LogP contribution >= 0.6 is 15.9 Å². The number of rotatable bonds is 7. The van der Waals surface area contributed by atoms with Crippen molar-refractivity contribution < 1.29 is 22.7 Å². The van der Waals surface area contributed by atoms with Crippen LogP contribution in [-0.4, -0.2) is 51.0 Å². The van der Waals surface area contributed by atoms with Gasteiger partial charge in [0, 0.05) is 23.6 Å². The van der Waals surface area contributed by atoms with Crippen molar-refractivity contribution in [3.8, 4) is 11.5 Å². The maximum absolute atomic E-state index is 12.8. The monoisotopic (exact) mass is 496 g/mol. The Hall–Kier alpha value is -2.10. The van der Waals surface area contributed by atoms with Gasteiger partial charge in [0.15, 0.2) is 6.10 Å². The molecule has 0 radical (unpaired) electrons. The van der Waals surface area contributed by atoms with Crippen LogP contribution in [0.1, 0.15) is 19.8 Å². The second kappa shape index (κ2) is 9.80. The summed E-state index contributed by atoms with van der Waals surface area (Å²) < 4.78 is 38.8. The van der Waals surface area contributed by atoms with Crippen molar-refractivity contribution in [2.24, 2.45) is 0 Å². The molecular weight excluding hydrogens is 472 g/mol. The summed E-state index contributed by atoms with van der Waals surface area (Å²) in [6.45, 7) is 2.39. The Bertz CT molecular complexity index is 956. The third kappa shape index (κ3) is 5.53. The van der Waals surface area contributed by atoms with Gasteiger partial charge < -0.3 is 14.8 Å². The van der Waals surface area contributed by atoms with Crippen LogP contribution in [0.15, 0.2) is 57.9 Å². The molecule has 0 aromatic heterocycles. The molecule has 0 spiro atoms. The molecule has 3 rings (SSSR count). The molecule has 1 heterocycles. The summed E-state index contributed by atoms with van der Waals surface area (Å²) in [5.74, 6) is 1.01. The maximum atomic E-state index is 12.8. The molecule has 162 valence electrons. The zero-order chi connectivity index (χ0) is 21.7. The largest absolute Gasteiger partial charge is 0.497 e. The van der Waals surface area contributed by atoms with Crippen LogP contribution in [0.2, 0.25) is 0 Å². The Morgan fingerprint density at radius 2 is 1.63 bits per heavy atom. The topological polar surface area (TPSA) is 84.9 Å². The zero-order valence-electron chi connectivity index (χ0n) is 16.9. The van der Waals surface area contributed by atoms with E-state index in [9.17, 15) is 13.2 Å². The van der Waals surface area contributed by atoms with Gasteiger partial charge in [0.25, 0.3) is 5.91 Å². The molecule has 1 aliphatic rings. The third-order valence-electron chi connectivity index (χ3n) is 4.99. The summed E-state index contributed by atoms with van der Waals surface area (Å²) in [4.78, 5) is 12.7. The highest BCUT2D eigenvalue weighted by molar-refractivity contribution is 9.10. The van der Waals surface area contributed by atoms with Gasteiger partial charge in [0.1, 0.15) is 11.5 Å². The van der Waals surface area contributed by atoms with Crippen LogP contribution in [0.5, 0.6) is 11.5 Å². The Labute approximate surface area is 185 Å². The smallest absolute Gasteiger partial charge is 0.260 e. The predicted molar refractivity (Wildman–Crippen MR) is 117 cm³/mol. The lowest BCUT2D eigenvalue weighted by atomic mass is 10.1. The van der Waals surface area contributed by atoms with E-state index in [1.54, 1.807) is 43.3 Å². The predicted octanol–water partition coefficient (Wildman–Crippen LogP) is 3.19. The summed E-state index contributed by atoms with van der Waals surface area (Å²) >= 11 is 3.36. The molecule has 2 aromatic carbocycles. The number of halogens is 1. The van der Waals surface area contributed by atoms with E-state index in [1.165, 1.54) is 11.4 Å². The molecule has 1 aliphatic heterocycles. The Kier molecular flexibility index (Phi) is 7.38. The number of hydrogen-bond acceptors (Lipinski definition) is 5. The number of sulfonamides is 1. The number of nitrogens with one attached hydrogen (secondary N) is 1. The van der Waals surface area contributed by atoms with Gasteiger partial charge in [-0.3, -0.25) is 4.79 Å². The Balaban J connectivity index is 1.51. The fraction of sp³-hybridized carbons (Fsp3) is 0.381. The van der Waals surface area contributed by atoms with Crippen LogP contribution in [0.3, 0.4) is 0 Å². The fourth-order valence-electron chi connectivity index (χ4n) is 3.23. The van der Waals surface area contributed by atoms with Gasteiger partial charge in [-0.15, -0.1) is 0 Å². The van der Waals surface area contributed by atoms with Crippen molar-refractivity contribution in [2.45, 2.75) is 36.8 Å². The molecule has 9 heteroatoms. The average molecular weight is 497 g/mol. The molecule has 7 nitrogen and oxygen atoms in total. The maximum Gasteiger partial charge on any atom is 0.260 e. The van der Waals surface area contributed by atoms with Crippen LogP contribution in [0.25, 0.3) is 0 Å². The standard InChI is InChI=1S/C21H25BrN2O5S/c1-15(29-19-5-3-16(22)4-6-19)21(25)23-17-11-13-24(14-12-17)30(26,27)20-9-7-18(28-2)8-10-20/h3-10,15,17H,11-14H2,1-2H3,(H,23,25)/t15-/m0/s1. The number of nitrogens with zero attached hydrogens (tertiary/aromatic N) is 1. The minimum atomic E-state index is -3.56. The second-order valence-corrected chi connectivity index (χ2v) is 9.93. The molecule has 30 heavy (non-hydrogen) atoms. The van der Waals surface area contributed by atoms with Crippen LogP contribution < -0.4 is 14.8 Å². The van der Waals surface area contributed by atoms with Crippen LogP contribution in [0.4, 0.5) is 0 Å². The van der Waals surface area contributed by atoms with E-state index in [0.29, 0.717) is 37.4 Å². The van der Waals surface area contributed by atoms with Crippen molar-refractivity contribution in [1.29, 1.82) is 0 Å². The second-order valence-electron chi connectivity index (χ2n) is 7.08. The minimum absolute atomic E-state index is 0.0872. The first kappa shape index (κ1) is 22.6. The molecule has 1 saturated heterocycles. The van der Waals surface area contributed by atoms with Crippen LogP contribution in [0, 0.1) is 0 Å². The number of amides is 1. The number of piperidine rings is 1. The Morgan fingerprint density at radius 1 is 1.07 bits per heavy atom. The van der Waals surface area contributed by atoms with E-state index in [1.807, 2.05) is 12.1 Å². The molecule has 0 saturated carbocycles. The molecule has 1 fully saturated rings. The zero-order valence-corrected chi connectivity index (χ0v) is 19.3. The number of carbonyl (C=O) groups excluding carboxylic acids is 1. The summed E-state index contributed by atoms with van der Waals surface area (Å²) in [6, 6.07) is 13.5. The number of carbonyl (C=O) groups is 1. The lowest BCUT2D eigenvalue weighted by Gasteiger charge is -2.32. The molecule has 1 N–H and O–H groups in total. The SMILES string of the molecule is COc1ccc(S(=O)(=O)N2CCC(NC(=O)[C@H](C)Oc3ccc(Br)cc3)CC2)cc1. The van der Waals surface area contributed by atoms with Gasteiger partial charge in [-0.25, -0.2) is 8.42 Å². The van der Waals surface area contributed by atoms with Gasteiger partial charge >= 0.3 is 0 Å². The van der Waals surface area contributed by atoms with E-state index in [-0.39, 0.29) is 16.8 Å². The summed E-state index contributed by atoms with van der Waals surface area (Å²) in [7, 11) is -2.03. The molecular formula is C21H25BrN2O5S. The van der Waals surface area contributed by atoms with E-state index in [4.69, 9.17) is 9.47 Å². The fourth-order valence-corrected chi connectivity index (χ4v) is 4.96. The average Bonchev–Trinajstić information content (AvgIpc) is 2.75. The van der Waals surface area contributed by atoms with Crippen LogP contribution in [-0.2, 0) is 14.8 Å². The van der Waals surface area contributed by atoms with E-state index >= 15 is 0 Å². The van der Waals surface area contributed by atoms with Gasteiger partial charge in [0.2, 0.25) is 10.0 Å². The van der Waals surface area contributed by atoms with Gasteiger partial charge in [-0.1, -0.05) is 15.9 Å². The van der Waals surface area contributed by atoms with E-state index in [2.05, 4.69) is 21.2 Å². The highest BCUT2D eigenvalue weighted by Gasteiger charge is 2.30. The number of methoxy groups -OCH3 is 1. The summed E-state index contributed by atoms with van der Waals surface area (Å²) in [5.41, 5.74) is 0. The summed E-state index contributed by atoms with van der Waals surface area (Å²) in [5, 5.41) is 2.97. The summed E-state index contributed by atoms with van der Waals surface area (Å²) in [6.07, 6.45) is 0.449. The molecule has 1 atom stereocenters. The lowest BCUT2D eigenvalue weighted by molar-refractivity contribution is -0.128. The van der Waals surface area contributed by atoms with Crippen molar-refractivity contribution in [3.05, 3.63) is 53.0 Å². The first-order chi connectivity index (χ1) is 14.3. The van der Waals surface area contributed by atoms with Crippen molar-refractivity contribution in [2.75, 3.05) is 20.2 Å². The third-order valence-corrected chi connectivity index (χ3v) is 7.43. The van der Waals surface area contributed by atoms with Crippen molar-refractivity contribution in [3.63, 3.8) is 0 Å². The van der Waals surface area contributed by atoms with Crippen molar-refractivity contribution >= 4 is 31.9 Å². The normalized spacial score (nSPS) is 16.6. The van der Waals surface area contributed by atoms with E-state index in [0.717, 1.165) is 4.47 Å². The molecule has 0 aliphatic carbocycles. The number of ether oxygens (including phenoxy) is 2. The molecule has 1 amide bonds. The number of benzene rings is 2. The molecule has 0 bridgehead atoms. The van der Waals surface area contributed by atoms with Gasteiger partial charge in [0.05, 0.1) is 12.0 Å². The van der Waals surface area contributed by atoms with Crippen molar-refractivity contribution in [1.82, 2.24) is 9.62 Å². The minimum Gasteiger partial charge on any atom is -0.497 e.